The van der Waals surface area contributed by atoms with Gasteiger partial charge in [-0.2, -0.15) is 0 Å². The Hall–Kier alpha value is -0.330. The lowest BCUT2D eigenvalue weighted by molar-refractivity contribution is -0.127. The van der Waals surface area contributed by atoms with E-state index in [1.165, 1.54) is 6.42 Å². The third-order valence-corrected chi connectivity index (χ3v) is 3.55. The van der Waals surface area contributed by atoms with E-state index in [1.807, 2.05) is 0 Å². The van der Waals surface area contributed by atoms with Crippen molar-refractivity contribution in [2.45, 2.75) is 47.0 Å². The van der Waals surface area contributed by atoms with Gasteiger partial charge in [-0.05, 0) is 31.1 Å². The fraction of sp³-hybridized carbons (Fsp3) is 0.917. The van der Waals surface area contributed by atoms with E-state index in [0.29, 0.717) is 17.6 Å². The van der Waals surface area contributed by atoms with E-state index in [4.69, 9.17) is 0 Å². The quantitative estimate of drug-likeness (QED) is 0.654. The molecular weight excluding hydrogens is 160 g/mol. The number of hydrogen-bond donors (Lipinski definition) is 0. The van der Waals surface area contributed by atoms with Crippen LogP contribution in [0.3, 0.4) is 0 Å². The van der Waals surface area contributed by atoms with E-state index in [0.717, 1.165) is 18.8 Å². The van der Waals surface area contributed by atoms with E-state index in [-0.39, 0.29) is 5.92 Å². The third kappa shape index (κ3) is 2.55. The Morgan fingerprint density at radius 3 is 2.23 bits per heavy atom. The Bertz CT molecular complexity index is 184. The van der Waals surface area contributed by atoms with Crippen LogP contribution in [0.4, 0.5) is 0 Å². The van der Waals surface area contributed by atoms with Crippen molar-refractivity contribution in [3.63, 3.8) is 0 Å². The van der Waals surface area contributed by atoms with E-state index < -0.39 is 0 Å². The molecule has 1 fully saturated rings. The topological polar surface area (TPSA) is 17.1 Å². The molecule has 1 aliphatic rings. The molecule has 0 saturated heterocycles. The zero-order chi connectivity index (χ0) is 10.0. The summed E-state index contributed by atoms with van der Waals surface area (Å²) < 4.78 is 0. The highest BCUT2D eigenvalue weighted by Gasteiger charge is 2.30. The Labute approximate surface area is 81.9 Å². The molecule has 0 amide bonds. The molecule has 1 saturated carbocycles. The van der Waals surface area contributed by atoms with Crippen LogP contribution < -0.4 is 0 Å². The van der Waals surface area contributed by atoms with Crippen LogP contribution in [0.2, 0.25) is 0 Å². The summed E-state index contributed by atoms with van der Waals surface area (Å²) in [5, 5.41) is 0. The van der Waals surface area contributed by atoms with Crippen LogP contribution in [-0.2, 0) is 4.79 Å². The minimum atomic E-state index is 0.260. The van der Waals surface area contributed by atoms with Crippen LogP contribution in [0, 0.1) is 23.7 Å². The van der Waals surface area contributed by atoms with Gasteiger partial charge in [-0.25, -0.2) is 0 Å². The second-order valence-electron chi connectivity index (χ2n) is 5.05. The zero-order valence-electron chi connectivity index (χ0n) is 9.34. The largest absolute Gasteiger partial charge is 0.299 e. The SMILES string of the molecule is CC1CCC(C(=O)C(C)C(C)C)C1. The number of ketones is 1. The molecule has 0 radical (unpaired) electrons. The molecule has 0 bridgehead atoms. The van der Waals surface area contributed by atoms with Crippen molar-refractivity contribution >= 4 is 5.78 Å². The molecule has 3 unspecified atom stereocenters. The summed E-state index contributed by atoms with van der Waals surface area (Å²) in [6, 6.07) is 0. The fourth-order valence-corrected chi connectivity index (χ4v) is 2.17. The fourth-order valence-electron chi connectivity index (χ4n) is 2.17. The van der Waals surface area contributed by atoms with Crippen LogP contribution in [0.1, 0.15) is 47.0 Å². The summed E-state index contributed by atoms with van der Waals surface area (Å²) in [5.41, 5.74) is 0. The Balaban J connectivity index is 2.48. The first kappa shape index (κ1) is 10.7. The van der Waals surface area contributed by atoms with Crippen LogP contribution in [0.25, 0.3) is 0 Å². The van der Waals surface area contributed by atoms with E-state index in [2.05, 4.69) is 27.7 Å². The summed E-state index contributed by atoms with van der Waals surface area (Å²) in [7, 11) is 0. The van der Waals surface area contributed by atoms with Gasteiger partial charge in [-0.3, -0.25) is 4.79 Å². The molecule has 0 aromatic rings. The van der Waals surface area contributed by atoms with Crippen molar-refractivity contribution in [1.82, 2.24) is 0 Å². The van der Waals surface area contributed by atoms with E-state index in [9.17, 15) is 4.79 Å². The van der Waals surface area contributed by atoms with Gasteiger partial charge in [0, 0.05) is 11.8 Å². The Morgan fingerprint density at radius 1 is 1.23 bits per heavy atom. The van der Waals surface area contributed by atoms with E-state index in [1.54, 1.807) is 0 Å². The first-order valence-electron chi connectivity index (χ1n) is 5.56. The molecule has 1 heteroatoms. The maximum Gasteiger partial charge on any atom is 0.139 e. The minimum Gasteiger partial charge on any atom is -0.299 e. The van der Waals surface area contributed by atoms with Crippen molar-refractivity contribution in [2.24, 2.45) is 23.7 Å². The van der Waals surface area contributed by atoms with Crippen molar-refractivity contribution in [3.8, 4) is 0 Å². The average Bonchev–Trinajstić information content (AvgIpc) is 2.49. The van der Waals surface area contributed by atoms with Gasteiger partial charge in [0.05, 0.1) is 0 Å². The van der Waals surface area contributed by atoms with Crippen LogP contribution in [0.5, 0.6) is 0 Å². The average molecular weight is 182 g/mol. The lowest BCUT2D eigenvalue weighted by Crippen LogP contribution is -2.23. The number of carbonyl (C=O) groups excluding carboxylic acids is 1. The molecule has 1 aliphatic carbocycles. The Morgan fingerprint density at radius 2 is 1.85 bits per heavy atom. The van der Waals surface area contributed by atoms with Gasteiger partial charge in [-0.1, -0.05) is 27.7 Å². The van der Waals surface area contributed by atoms with Crippen LogP contribution >= 0.6 is 0 Å². The highest BCUT2D eigenvalue weighted by molar-refractivity contribution is 5.83. The van der Waals surface area contributed by atoms with Gasteiger partial charge in [-0.15, -0.1) is 0 Å². The molecular formula is C12H22O. The maximum atomic E-state index is 11.9. The van der Waals surface area contributed by atoms with Gasteiger partial charge in [0.2, 0.25) is 0 Å². The van der Waals surface area contributed by atoms with Crippen molar-refractivity contribution in [1.29, 1.82) is 0 Å². The van der Waals surface area contributed by atoms with Gasteiger partial charge >= 0.3 is 0 Å². The minimum absolute atomic E-state index is 0.260. The zero-order valence-corrected chi connectivity index (χ0v) is 9.34. The van der Waals surface area contributed by atoms with Crippen molar-refractivity contribution < 1.29 is 4.79 Å². The summed E-state index contributed by atoms with van der Waals surface area (Å²) in [6.07, 6.45) is 3.52. The van der Waals surface area contributed by atoms with Gasteiger partial charge in [0.25, 0.3) is 0 Å². The molecule has 0 heterocycles. The predicted molar refractivity (Wildman–Crippen MR) is 55.5 cm³/mol. The second-order valence-corrected chi connectivity index (χ2v) is 5.05. The molecule has 0 spiro atoms. The molecule has 76 valence electrons. The van der Waals surface area contributed by atoms with Crippen molar-refractivity contribution in [2.75, 3.05) is 0 Å². The van der Waals surface area contributed by atoms with E-state index >= 15 is 0 Å². The third-order valence-electron chi connectivity index (χ3n) is 3.55. The number of hydrogen-bond acceptors (Lipinski definition) is 1. The molecule has 1 nitrogen and oxygen atoms in total. The first-order chi connectivity index (χ1) is 6.02. The summed E-state index contributed by atoms with van der Waals surface area (Å²) in [4.78, 5) is 11.9. The highest BCUT2D eigenvalue weighted by Crippen LogP contribution is 2.33. The number of Topliss-reactive ketones (excluding diaryl/α,β-unsaturated/α-hetero) is 1. The summed E-state index contributed by atoms with van der Waals surface area (Å²) in [5.74, 6) is 2.43. The normalized spacial score (nSPS) is 30.8. The lowest BCUT2D eigenvalue weighted by atomic mass is 9.85. The number of rotatable bonds is 3. The monoisotopic (exact) mass is 182 g/mol. The molecule has 0 aromatic heterocycles. The van der Waals surface area contributed by atoms with Gasteiger partial charge in [0.1, 0.15) is 5.78 Å². The van der Waals surface area contributed by atoms with Gasteiger partial charge in [0.15, 0.2) is 0 Å². The van der Waals surface area contributed by atoms with Crippen LogP contribution in [-0.4, -0.2) is 5.78 Å². The highest BCUT2D eigenvalue weighted by atomic mass is 16.1. The van der Waals surface area contributed by atoms with Crippen LogP contribution in [0.15, 0.2) is 0 Å². The smallest absolute Gasteiger partial charge is 0.139 e. The molecule has 0 aliphatic heterocycles. The molecule has 0 aromatic carbocycles. The summed E-state index contributed by atoms with van der Waals surface area (Å²) in [6.45, 7) is 8.62. The maximum absolute atomic E-state index is 11.9. The standard InChI is InChI=1S/C12H22O/c1-8(2)10(4)12(13)11-6-5-9(3)7-11/h8-11H,5-7H2,1-4H3. The number of carbonyl (C=O) groups is 1. The molecule has 13 heavy (non-hydrogen) atoms. The molecule has 0 N–H and O–H groups in total. The lowest BCUT2D eigenvalue weighted by Gasteiger charge is -2.18. The predicted octanol–water partition coefficient (Wildman–Crippen LogP) is 3.28. The van der Waals surface area contributed by atoms with Crippen molar-refractivity contribution in [3.05, 3.63) is 0 Å². The first-order valence-corrected chi connectivity index (χ1v) is 5.56. The van der Waals surface area contributed by atoms with Gasteiger partial charge < -0.3 is 0 Å². The molecule has 1 rings (SSSR count). The second kappa shape index (κ2) is 4.26. The summed E-state index contributed by atoms with van der Waals surface area (Å²) >= 11 is 0. The Kier molecular flexibility index (Phi) is 3.52. The molecule has 3 atom stereocenters.